The van der Waals surface area contributed by atoms with E-state index in [1.807, 2.05) is 31.2 Å². The Balaban J connectivity index is 1.61. The highest BCUT2D eigenvalue weighted by molar-refractivity contribution is 5.98. The lowest BCUT2D eigenvalue weighted by molar-refractivity contribution is 0.0950. The molecule has 0 saturated heterocycles. The van der Waals surface area contributed by atoms with Crippen molar-refractivity contribution in [2.24, 2.45) is 5.10 Å². The van der Waals surface area contributed by atoms with Gasteiger partial charge < -0.3 is 9.47 Å². The maximum absolute atomic E-state index is 11.8. The second-order valence-corrected chi connectivity index (χ2v) is 5.08. The number of aromatic nitrogens is 2. The molecule has 1 aliphatic rings. The minimum Gasteiger partial charge on any atom is -0.454 e. The molecule has 0 fully saturated rings. The number of hydrogen-bond acceptors (Lipinski definition) is 5. The van der Waals surface area contributed by atoms with Crippen LogP contribution in [0.5, 0.6) is 11.5 Å². The van der Waals surface area contributed by atoms with Gasteiger partial charge in [-0.2, -0.15) is 10.2 Å². The van der Waals surface area contributed by atoms with Gasteiger partial charge in [-0.05, 0) is 43.7 Å². The van der Waals surface area contributed by atoms with Gasteiger partial charge in [0.1, 0.15) is 0 Å². The van der Waals surface area contributed by atoms with Crippen LogP contribution in [0.15, 0.2) is 35.4 Å². The number of rotatable bonds is 4. The summed E-state index contributed by atoms with van der Waals surface area (Å²) in [5.41, 5.74) is 5.20. The normalized spacial score (nSPS) is 13.6. The average Bonchev–Trinajstić information content (AvgIpc) is 3.18. The molecule has 2 N–H and O–H groups in total. The standard InChI is InChI=1S/C16H16N4O3/c1-10(17-20-16(21)13-7-11(2)18-19-13)3-4-12-5-6-14-15(8-12)23-9-22-14/h3-8H,9H2,1-2H3,(H,18,19)(H,20,21)/b4-3?,17-10+. The zero-order valence-electron chi connectivity index (χ0n) is 12.8. The van der Waals surface area contributed by atoms with E-state index in [0.717, 1.165) is 22.8 Å². The summed E-state index contributed by atoms with van der Waals surface area (Å²) >= 11 is 0. The van der Waals surface area contributed by atoms with Crippen molar-refractivity contribution in [3.63, 3.8) is 0 Å². The Morgan fingerprint density at radius 1 is 1.35 bits per heavy atom. The number of nitrogens with zero attached hydrogens (tertiary/aromatic N) is 2. The van der Waals surface area contributed by atoms with Crippen LogP contribution in [0.3, 0.4) is 0 Å². The van der Waals surface area contributed by atoms with Crippen molar-refractivity contribution >= 4 is 17.7 Å². The van der Waals surface area contributed by atoms with Gasteiger partial charge >= 0.3 is 0 Å². The second kappa shape index (κ2) is 6.35. The smallest absolute Gasteiger partial charge is 0.291 e. The number of hydrogen-bond donors (Lipinski definition) is 2. The molecular weight excluding hydrogens is 296 g/mol. The molecular formula is C16H16N4O3. The molecule has 0 atom stereocenters. The summed E-state index contributed by atoms with van der Waals surface area (Å²) < 4.78 is 10.6. The Labute approximate surface area is 133 Å². The topological polar surface area (TPSA) is 88.6 Å². The number of H-pyrrole nitrogens is 1. The SMILES string of the molecule is C/C(C=Cc1ccc2c(c1)OCO2)=N\NC(=O)c1cc(C)[nH]n1. The fraction of sp³-hybridized carbons (Fsp3) is 0.188. The third-order valence-electron chi connectivity index (χ3n) is 3.19. The Hall–Kier alpha value is -3.09. The molecule has 2 aromatic rings. The van der Waals surface area contributed by atoms with Gasteiger partial charge in [-0.25, -0.2) is 5.43 Å². The fourth-order valence-corrected chi connectivity index (χ4v) is 2.00. The predicted molar refractivity (Wildman–Crippen MR) is 85.5 cm³/mol. The first kappa shape index (κ1) is 14.8. The minimum absolute atomic E-state index is 0.252. The molecule has 1 aromatic heterocycles. The summed E-state index contributed by atoms with van der Waals surface area (Å²) in [6.07, 6.45) is 3.68. The molecule has 0 spiro atoms. The Bertz CT molecular complexity index is 792. The van der Waals surface area contributed by atoms with Crippen molar-refractivity contribution < 1.29 is 14.3 Å². The number of hydrazone groups is 1. The molecule has 1 aromatic carbocycles. The van der Waals surface area contributed by atoms with Gasteiger partial charge in [0.2, 0.25) is 6.79 Å². The van der Waals surface area contributed by atoms with Crippen LogP contribution in [0, 0.1) is 6.92 Å². The summed E-state index contributed by atoms with van der Waals surface area (Å²) in [7, 11) is 0. The Morgan fingerprint density at radius 2 is 2.17 bits per heavy atom. The molecule has 7 nitrogen and oxygen atoms in total. The predicted octanol–water partition coefficient (Wildman–Crippen LogP) is 2.27. The summed E-state index contributed by atoms with van der Waals surface area (Å²) in [5, 5.41) is 10.6. The van der Waals surface area contributed by atoms with Crippen LogP contribution < -0.4 is 14.9 Å². The highest BCUT2D eigenvalue weighted by Gasteiger charge is 2.12. The lowest BCUT2D eigenvalue weighted by Gasteiger charge is -1.98. The van der Waals surface area contributed by atoms with Gasteiger partial charge in [0.15, 0.2) is 17.2 Å². The van der Waals surface area contributed by atoms with Gasteiger partial charge in [-0.15, -0.1) is 0 Å². The number of benzene rings is 1. The first-order chi connectivity index (χ1) is 11.1. The molecule has 0 bridgehead atoms. The van der Waals surface area contributed by atoms with E-state index in [0.29, 0.717) is 11.4 Å². The number of aryl methyl sites for hydroxylation is 1. The van der Waals surface area contributed by atoms with Crippen LogP contribution in [0.2, 0.25) is 0 Å². The molecule has 118 valence electrons. The number of carbonyl (C=O) groups excluding carboxylic acids is 1. The third kappa shape index (κ3) is 3.57. The molecule has 3 rings (SSSR count). The van der Waals surface area contributed by atoms with Gasteiger partial charge in [0, 0.05) is 5.69 Å². The van der Waals surface area contributed by atoms with Gasteiger partial charge in [0.05, 0.1) is 5.71 Å². The van der Waals surface area contributed by atoms with Crippen molar-refractivity contribution in [1.82, 2.24) is 15.6 Å². The Kier molecular flexibility index (Phi) is 4.09. The third-order valence-corrected chi connectivity index (χ3v) is 3.19. The van der Waals surface area contributed by atoms with E-state index in [1.165, 1.54) is 0 Å². The lowest BCUT2D eigenvalue weighted by Crippen LogP contribution is -2.19. The molecule has 0 aliphatic carbocycles. The number of nitrogens with one attached hydrogen (secondary N) is 2. The maximum Gasteiger partial charge on any atom is 0.291 e. The molecule has 1 aliphatic heterocycles. The van der Waals surface area contributed by atoms with Crippen LogP contribution in [0.4, 0.5) is 0 Å². The quantitative estimate of drug-likeness (QED) is 0.669. The van der Waals surface area contributed by atoms with E-state index in [2.05, 4.69) is 20.7 Å². The molecule has 7 heteroatoms. The number of allylic oxidation sites excluding steroid dienone is 1. The van der Waals surface area contributed by atoms with Crippen molar-refractivity contribution in [2.45, 2.75) is 13.8 Å². The molecule has 0 radical (unpaired) electrons. The van der Waals surface area contributed by atoms with Crippen LogP contribution in [-0.4, -0.2) is 28.6 Å². The van der Waals surface area contributed by atoms with Crippen LogP contribution in [0.1, 0.15) is 28.7 Å². The first-order valence-corrected chi connectivity index (χ1v) is 7.06. The van der Waals surface area contributed by atoms with Crippen LogP contribution in [0.25, 0.3) is 6.08 Å². The summed E-state index contributed by atoms with van der Waals surface area (Å²) in [4.78, 5) is 11.8. The zero-order chi connectivity index (χ0) is 16.2. The second-order valence-electron chi connectivity index (χ2n) is 5.08. The van der Waals surface area contributed by atoms with Crippen LogP contribution in [-0.2, 0) is 0 Å². The average molecular weight is 312 g/mol. The van der Waals surface area contributed by atoms with Crippen molar-refractivity contribution in [2.75, 3.05) is 6.79 Å². The summed E-state index contributed by atoms with van der Waals surface area (Å²) in [6, 6.07) is 7.32. The summed E-state index contributed by atoms with van der Waals surface area (Å²) in [6.45, 7) is 3.87. The fourth-order valence-electron chi connectivity index (χ4n) is 2.00. The zero-order valence-corrected chi connectivity index (χ0v) is 12.8. The molecule has 0 unspecified atom stereocenters. The molecule has 2 heterocycles. The molecule has 1 amide bonds. The van der Waals surface area contributed by atoms with E-state index < -0.39 is 0 Å². The first-order valence-electron chi connectivity index (χ1n) is 7.06. The van der Waals surface area contributed by atoms with E-state index >= 15 is 0 Å². The number of aromatic amines is 1. The van der Waals surface area contributed by atoms with Gasteiger partial charge in [-0.1, -0.05) is 12.1 Å². The molecule has 0 saturated carbocycles. The van der Waals surface area contributed by atoms with E-state index in [1.54, 1.807) is 19.1 Å². The van der Waals surface area contributed by atoms with Crippen molar-refractivity contribution in [3.05, 3.63) is 47.3 Å². The van der Waals surface area contributed by atoms with Gasteiger partial charge in [0.25, 0.3) is 5.91 Å². The largest absolute Gasteiger partial charge is 0.454 e. The van der Waals surface area contributed by atoms with Crippen molar-refractivity contribution in [1.29, 1.82) is 0 Å². The van der Waals surface area contributed by atoms with E-state index in [4.69, 9.17) is 9.47 Å². The highest BCUT2D eigenvalue weighted by Crippen LogP contribution is 2.32. The lowest BCUT2D eigenvalue weighted by atomic mass is 10.2. The number of amides is 1. The van der Waals surface area contributed by atoms with Crippen LogP contribution >= 0.6 is 0 Å². The van der Waals surface area contributed by atoms with Crippen molar-refractivity contribution in [3.8, 4) is 11.5 Å². The minimum atomic E-state index is -0.356. The van der Waals surface area contributed by atoms with Gasteiger partial charge in [-0.3, -0.25) is 9.89 Å². The van der Waals surface area contributed by atoms with E-state index in [-0.39, 0.29) is 12.7 Å². The highest BCUT2D eigenvalue weighted by atomic mass is 16.7. The number of carbonyl (C=O) groups is 1. The Morgan fingerprint density at radius 3 is 2.96 bits per heavy atom. The summed E-state index contributed by atoms with van der Waals surface area (Å²) in [5.74, 6) is 1.11. The maximum atomic E-state index is 11.8. The monoisotopic (exact) mass is 312 g/mol. The molecule has 23 heavy (non-hydrogen) atoms. The number of ether oxygens (including phenoxy) is 2. The number of fused-ring (bicyclic) bond motifs is 1. The van der Waals surface area contributed by atoms with E-state index in [9.17, 15) is 4.79 Å².